The molecule has 8 heteroatoms. The predicted molar refractivity (Wildman–Crippen MR) is 54.2 cm³/mol. The Morgan fingerprint density at radius 3 is 2.06 bits per heavy atom. The zero-order chi connectivity index (χ0) is 13.6. The first kappa shape index (κ1) is 13.8. The highest BCUT2D eigenvalue weighted by molar-refractivity contribution is 6.32. The first-order valence-corrected chi connectivity index (χ1v) is 4.93. The zero-order valence-electron chi connectivity index (χ0n) is 9.26. The van der Waals surface area contributed by atoms with Crippen molar-refractivity contribution in [2.75, 3.05) is 0 Å². The van der Waals surface area contributed by atoms with Crippen molar-refractivity contribution in [2.45, 2.75) is 32.5 Å². The highest BCUT2D eigenvalue weighted by atomic mass is 35.5. The van der Waals surface area contributed by atoms with Crippen molar-refractivity contribution in [2.24, 2.45) is 0 Å². The fourth-order valence-corrected chi connectivity index (χ4v) is 1.69. The lowest BCUT2D eigenvalue weighted by atomic mass is 10.1. The molecule has 17 heavy (non-hydrogen) atoms. The zero-order valence-corrected chi connectivity index (χ0v) is 10.0. The van der Waals surface area contributed by atoms with Gasteiger partial charge in [0, 0.05) is 0 Å². The summed E-state index contributed by atoms with van der Waals surface area (Å²) in [4.78, 5) is 10.8. The molecule has 0 atom stereocenters. The van der Waals surface area contributed by atoms with Gasteiger partial charge >= 0.3 is 12.1 Å². The van der Waals surface area contributed by atoms with Crippen LogP contribution in [0.2, 0.25) is 5.15 Å². The SMILES string of the molecule is CC(C)(C)n1nc(C(F)(F)F)c(C(=O)O)c1Cl. The summed E-state index contributed by atoms with van der Waals surface area (Å²) in [5, 5.41) is 11.5. The molecule has 96 valence electrons. The summed E-state index contributed by atoms with van der Waals surface area (Å²) in [5.41, 5.74) is -3.34. The Morgan fingerprint density at radius 2 is 1.82 bits per heavy atom. The topological polar surface area (TPSA) is 55.1 Å². The lowest BCUT2D eigenvalue weighted by Gasteiger charge is -2.20. The van der Waals surface area contributed by atoms with Crippen molar-refractivity contribution in [1.82, 2.24) is 9.78 Å². The van der Waals surface area contributed by atoms with E-state index in [-0.39, 0.29) is 0 Å². The number of aromatic nitrogens is 2. The van der Waals surface area contributed by atoms with Gasteiger partial charge in [0.1, 0.15) is 10.7 Å². The number of carboxylic acids is 1. The molecule has 0 aliphatic rings. The molecule has 1 heterocycles. The third-order valence-electron chi connectivity index (χ3n) is 1.95. The molecule has 0 aliphatic heterocycles. The minimum absolute atomic E-state index is 0.530. The average molecular weight is 271 g/mol. The van der Waals surface area contributed by atoms with Crippen molar-refractivity contribution >= 4 is 17.6 Å². The first-order chi connectivity index (χ1) is 7.46. The molecule has 0 aliphatic carbocycles. The van der Waals surface area contributed by atoms with Gasteiger partial charge in [0.25, 0.3) is 0 Å². The number of nitrogens with zero attached hydrogens (tertiary/aromatic N) is 2. The summed E-state index contributed by atoms with van der Waals surface area (Å²) in [5.74, 6) is -1.75. The van der Waals surface area contributed by atoms with E-state index in [0.29, 0.717) is 0 Å². The summed E-state index contributed by atoms with van der Waals surface area (Å²) < 4.78 is 38.6. The average Bonchev–Trinajstić information content (AvgIpc) is 2.40. The van der Waals surface area contributed by atoms with Gasteiger partial charge in [-0.3, -0.25) is 0 Å². The maximum absolute atomic E-state index is 12.6. The molecule has 0 aromatic carbocycles. The molecule has 1 aromatic rings. The van der Waals surface area contributed by atoms with E-state index in [1.165, 1.54) is 0 Å². The third kappa shape index (κ3) is 2.54. The molecule has 0 radical (unpaired) electrons. The van der Waals surface area contributed by atoms with Gasteiger partial charge in [-0.1, -0.05) is 11.6 Å². The minimum Gasteiger partial charge on any atom is -0.478 e. The van der Waals surface area contributed by atoms with Crippen LogP contribution in [0.4, 0.5) is 13.2 Å². The second-order valence-electron chi connectivity index (χ2n) is 4.40. The monoisotopic (exact) mass is 270 g/mol. The van der Waals surface area contributed by atoms with E-state index < -0.39 is 34.1 Å². The molecule has 1 rings (SSSR count). The predicted octanol–water partition coefficient (Wildman–Crippen LogP) is 3.01. The molecule has 0 amide bonds. The number of carboxylic acid groups (broad SMARTS) is 1. The van der Waals surface area contributed by atoms with E-state index in [9.17, 15) is 18.0 Å². The molecule has 0 unspecified atom stereocenters. The van der Waals surface area contributed by atoms with Gasteiger partial charge in [-0.15, -0.1) is 0 Å². The van der Waals surface area contributed by atoms with Crippen LogP contribution in [0.25, 0.3) is 0 Å². The van der Waals surface area contributed by atoms with E-state index in [4.69, 9.17) is 16.7 Å². The molecule has 0 bridgehead atoms. The van der Waals surface area contributed by atoms with E-state index in [1.54, 1.807) is 20.8 Å². The number of hydrogen-bond donors (Lipinski definition) is 1. The van der Waals surface area contributed by atoms with Crippen LogP contribution in [0.1, 0.15) is 36.8 Å². The number of alkyl halides is 3. The quantitative estimate of drug-likeness (QED) is 0.853. The molecule has 1 aromatic heterocycles. The fourth-order valence-electron chi connectivity index (χ4n) is 1.23. The summed E-state index contributed by atoms with van der Waals surface area (Å²) in [6, 6.07) is 0. The summed E-state index contributed by atoms with van der Waals surface area (Å²) in [7, 11) is 0. The van der Waals surface area contributed by atoms with Crippen LogP contribution >= 0.6 is 11.6 Å². The van der Waals surface area contributed by atoms with Crippen LogP contribution in [-0.4, -0.2) is 20.9 Å². The highest BCUT2D eigenvalue weighted by Crippen LogP contribution is 2.36. The van der Waals surface area contributed by atoms with Gasteiger partial charge < -0.3 is 5.11 Å². The Morgan fingerprint density at radius 1 is 1.35 bits per heavy atom. The number of rotatable bonds is 1. The van der Waals surface area contributed by atoms with Crippen LogP contribution in [-0.2, 0) is 11.7 Å². The van der Waals surface area contributed by atoms with Crippen LogP contribution < -0.4 is 0 Å². The molecule has 0 spiro atoms. The van der Waals surface area contributed by atoms with Gasteiger partial charge in [-0.25, -0.2) is 9.48 Å². The van der Waals surface area contributed by atoms with Crippen molar-refractivity contribution in [3.05, 3.63) is 16.4 Å². The van der Waals surface area contributed by atoms with Crippen LogP contribution in [0.3, 0.4) is 0 Å². The van der Waals surface area contributed by atoms with E-state index in [2.05, 4.69) is 5.10 Å². The number of halogens is 4. The lowest BCUT2D eigenvalue weighted by Crippen LogP contribution is -2.24. The Labute approximate surface area is 100.0 Å². The Bertz CT molecular complexity index is 460. The van der Waals surface area contributed by atoms with E-state index in [1.807, 2.05) is 0 Å². The first-order valence-electron chi connectivity index (χ1n) is 4.55. The standard InChI is InChI=1S/C9H10ClF3N2O2/c1-8(2,3)15-6(10)4(7(16)17)5(14-15)9(11,12)13/h1-3H3,(H,16,17). The molecule has 1 N–H and O–H groups in total. The van der Waals surface area contributed by atoms with E-state index in [0.717, 1.165) is 4.68 Å². The minimum atomic E-state index is -4.85. The van der Waals surface area contributed by atoms with Crippen LogP contribution in [0.5, 0.6) is 0 Å². The maximum atomic E-state index is 12.6. The van der Waals surface area contributed by atoms with Crippen LogP contribution in [0, 0.1) is 0 Å². The van der Waals surface area contributed by atoms with Crippen molar-refractivity contribution in [3.63, 3.8) is 0 Å². The van der Waals surface area contributed by atoms with Gasteiger partial charge in [0.15, 0.2) is 5.69 Å². The van der Waals surface area contributed by atoms with E-state index >= 15 is 0 Å². The van der Waals surface area contributed by atoms with Gasteiger partial charge in [-0.05, 0) is 20.8 Å². The van der Waals surface area contributed by atoms with Gasteiger partial charge in [0.2, 0.25) is 0 Å². The van der Waals surface area contributed by atoms with Crippen molar-refractivity contribution in [1.29, 1.82) is 0 Å². The number of carbonyl (C=O) groups is 1. The van der Waals surface area contributed by atoms with Gasteiger partial charge in [0.05, 0.1) is 5.54 Å². The second-order valence-corrected chi connectivity index (χ2v) is 4.76. The summed E-state index contributed by atoms with van der Waals surface area (Å²) in [6.07, 6.45) is -4.85. The fraction of sp³-hybridized carbons (Fsp3) is 0.556. The Hall–Kier alpha value is -1.24. The number of hydrogen-bond acceptors (Lipinski definition) is 2. The van der Waals surface area contributed by atoms with Crippen molar-refractivity contribution < 1.29 is 23.1 Å². The molecule has 0 saturated heterocycles. The summed E-state index contributed by atoms with van der Waals surface area (Å²) >= 11 is 5.63. The molecular formula is C9H10ClF3N2O2. The second kappa shape index (κ2) is 3.90. The Balaban J connectivity index is 3.58. The lowest BCUT2D eigenvalue weighted by molar-refractivity contribution is -0.142. The van der Waals surface area contributed by atoms with Crippen molar-refractivity contribution in [3.8, 4) is 0 Å². The largest absolute Gasteiger partial charge is 0.478 e. The molecule has 0 saturated carbocycles. The molecular weight excluding hydrogens is 261 g/mol. The number of aromatic carboxylic acids is 1. The highest BCUT2D eigenvalue weighted by Gasteiger charge is 2.42. The normalized spacial score (nSPS) is 12.9. The Kier molecular flexibility index (Phi) is 3.17. The van der Waals surface area contributed by atoms with Crippen LogP contribution in [0.15, 0.2) is 0 Å². The maximum Gasteiger partial charge on any atom is 0.436 e. The van der Waals surface area contributed by atoms with Gasteiger partial charge in [-0.2, -0.15) is 18.3 Å². The molecule has 4 nitrogen and oxygen atoms in total. The third-order valence-corrected chi connectivity index (χ3v) is 2.30. The smallest absolute Gasteiger partial charge is 0.436 e. The molecule has 0 fully saturated rings. The summed E-state index contributed by atoms with van der Waals surface area (Å²) in [6.45, 7) is 4.70.